The maximum atomic E-state index is 12.4. The van der Waals surface area contributed by atoms with Gasteiger partial charge in [0.05, 0.1) is 18.6 Å². The molecule has 0 atom stereocenters. The average molecular weight is 381 g/mol. The van der Waals surface area contributed by atoms with Gasteiger partial charge in [0.1, 0.15) is 5.75 Å². The molecular formula is C22H23NO5. The number of likely N-dealkylation sites (N-methyl/N-ethyl adjacent to an activating group) is 1. The molecule has 0 N–H and O–H groups in total. The number of fused-ring (bicyclic) bond motifs is 1. The summed E-state index contributed by atoms with van der Waals surface area (Å²) in [5.74, 6) is 0.0490. The van der Waals surface area contributed by atoms with Crippen LogP contribution in [0.2, 0.25) is 0 Å². The smallest absolute Gasteiger partial charge is 0.338 e. The Labute approximate surface area is 164 Å². The van der Waals surface area contributed by atoms with E-state index < -0.39 is 5.97 Å². The van der Waals surface area contributed by atoms with E-state index in [0.29, 0.717) is 29.4 Å². The summed E-state index contributed by atoms with van der Waals surface area (Å²) in [6, 6.07) is 11.8. The zero-order valence-corrected chi connectivity index (χ0v) is 16.2. The van der Waals surface area contributed by atoms with Crippen LogP contribution >= 0.6 is 0 Å². The zero-order valence-electron chi connectivity index (χ0n) is 16.2. The third-order valence-corrected chi connectivity index (χ3v) is 4.47. The van der Waals surface area contributed by atoms with Crippen LogP contribution < -0.4 is 9.64 Å². The molecule has 0 spiro atoms. The fraction of sp³-hybridized carbons (Fsp3) is 0.318. The normalized spacial score (nSPS) is 12.9. The quantitative estimate of drug-likeness (QED) is 0.544. The van der Waals surface area contributed by atoms with Crippen molar-refractivity contribution in [3.05, 3.63) is 59.2 Å². The molecular weight excluding hydrogens is 358 g/mol. The Hall–Kier alpha value is -3.15. The van der Waals surface area contributed by atoms with Crippen LogP contribution in [0.3, 0.4) is 0 Å². The van der Waals surface area contributed by atoms with Crippen molar-refractivity contribution in [2.75, 3.05) is 25.2 Å². The summed E-state index contributed by atoms with van der Waals surface area (Å²) in [6.07, 6.45) is 0.274. The van der Waals surface area contributed by atoms with E-state index in [1.807, 2.05) is 13.8 Å². The molecule has 0 fully saturated rings. The lowest BCUT2D eigenvalue weighted by Crippen LogP contribution is -2.20. The lowest BCUT2D eigenvalue weighted by atomic mass is 10.1. The molecule has 0 aliphatic carbocycles. The van der Waals surface area contributed by atoms with Crippen LogP contribution in [0.25, 0.3) is 0 Å². The molecule has 6 nitrogen and oxygen atoms in total. The first-order valence-corrected chi connectivity index (χ1v) is 9.18. The average Bonchev–Trinajstić information content (AvgIpc) is 2.97. The number of amides is 1. The van der Waals surface area contributed by atoms with Crippen LogP contribution in [0, 0.1) is 5.92 Å². The van der Waals surface area contributed by atoms with Crippen molar-refractivity contribution in [1.82, 2.24) is 0 Å². The third kappa shape index (κ3) is 4.39. The molecule has 0 saturated carbocycles. The predicted octanol–water partition coefficient (Wildman–Crippen LogP) is 3.28. The summed E-state index contributed by atoms with van der Waals surface area (Å²) < 4.78 is 10.8. The molecule has 0 unspecified atom stereocenters. The van der Waals surface area contributed by atoms with E-state index in [1.165, 1.54) is 0 Å². The molecule has 0 bridgehead atoms. The molecule has 0 saturated heterocycles. The Kier molecular flexibility index (Phi) is 5.78. The minimum absolute atomic E-state index is 0.00871. The Bertz CT molecular complexity index is 919. The first-order chi connectivity index (χ1) is 13.3. The number of hydrogen-bond donors (Lipinski definition) is 0. The van der Waals surface area contributed by atoms with Gasteiger partial charge in [-0.15, -0.1) is 0 Å². The molecule has 2 aromatic rings. The van der Waals surface area contributed by atoms with Crippen LogP contribution in [0.5, 0.6) is 5.75 Å². The van der Waals surface area contributed by atoms with Gasteiger partial charge >= 0.3 is 5.97 Å². The van der Waals surface area contributed by atoms with Crippen LogP contribution in [0.1, 0.15) is 40.1 Å². The van der Waals surface area contributed by atoms with Crippen LogP contribution in [0.15, 0.2) is 42.5 Å². The number of carbonyl (C=O) groups is 3. The molecule has 1 aliphatic heterocycles. The summed E-state index contributed by atoms with van der Waals surface area (Å²) in [7, 11) is 1.70. The van der Waals surface area contributed by atoms with Gasteiger partial charge in [-0.1, -0.05) is 19.9 Å². The van der Waals surface area contributed by atoms with Gasteiger partial charge in [-0.2, -0.15) is 0 Å². The summed E-state index contributed by atoms with van der Waals surface area (Å²) >= 11 is 0. The second-order valence-corrected chi connectivity index (χ2v) is 7.21. The van der Waals surface area contributed by atoms with Gasteiger partial charge in [0.15, 0.2) is 12.4 Å². The highest BCUT2D eigenvalue weighted by molar-refractivity contribution is 6.04. The highest BCUT2D eigenvalue weighted by Gasteiger charge is 2.25. The first-order valence-electron chi connectivity index (χ1n) is 9.18. The number of nitrogens with zero attached hydrogens (tertiary/aromatic N) is 1. The minimum atomic E-state index is -0.584. The monoisotopic (exact) mass is 381 g/mol. The number of rotatable bonds is 7. The Morgan fingerprint density at radius 2 is 1.89 bits per heavy atom. The van der Waals surface area contributed by atoms with Crippen LogP contribution in [-0.4, -0.2) is 37.9 Å². The Morgan fingerprint density at radius 3 is 2.64 bits per heavy atom. The molecule has 0 radical (unpaired) electrons. The second kappa shape index (κ2) is 8.25. The summed E-state index contributed by atoms with van der Waals surface area (Å²) in [5, 5.41) is 0. The minimum Gasteiger partial charge on any atom is -0.493 e. The van der Waals surface area contributed by atoms with E-state index in [9.17, 15) is 14.4 Å². The second-order valence-electron chi connectivity index (χ2n) is 7.21. The van der Waals surface area contributed by atoms with Crippen LogP contribution in [-0.2, 0) is 16.0 Å². The van der Waals surface area contributed by atoms with E-state index in [-0.39, 0.29) is 24.7 Å². The molecule has 2 aromatic carbocycles. The van der Waals surface area contributed by atoms with Gasteiger partial charge in [0, 0.05) is 18.3 Å². The van der Waals surface area contributed by atoms with Gasteiger partial charge in [-0.3, -0.25) is 9.59 Å². The van der Waals surface area contributed by atoms with Crippen molar-refractivity contribution < 1.29 is 23.9 Å². The highest BCUT2D eigenvalue weighted by Crippen LogP contribution is 2.28. The summed E-state index contributed by atoms with van der Waals surface area (Å²) in [5.41, 5.74) is 2.36. The fourth-order valence-corrected chi connectivity index (χ4v) is 2.92. The SMILES string of the molecule is CC(C)COc1cccc(C(=O)OCC(=O)c2ccc3c(c2)CC(=O)N3C)c1. The number of hydrogen-bond acceptors (Lipinski definition) is 5. The summed E-state index contributed by atoms with van der Waals surface area (Å²) in [4.78, 5) is 38.0. The van der Waals surface area contributed by atoms with Crippen molar-refractivity contribution in [2.45, 2.75) is 20.3 Å². The fourth-order valence-electron chi connectivity index (χ4n) is 2.92. The standard InChI is InChI=1S/C22H23NO5/c1-14(2)12-27-18-6-4-5-16(10-18)22(26)28-13-20(24)15-7-8-19-17(9-15)11-21(25)23(19)3/h4-10,14H,11-13H2,1-3H3. The Balaban J connectivity index is 1.61. The number of ketones is 1. The van der Waals surface area contributed by atoms with Gasteiger partial charge in [0.2, 0.25) is 5.91 Å². The zero-order chi connectivity index (χ0) is 20.3. The van der Waals surface area contributed by atoms with Crippen molar-refractivity contribution in [2.24, 2.45) is 5.92 Å². The van der Waals surface area contributed by atoms with E-state index in [1.54, 1.807) is 54.4 Å². The Morgan fingerprint density at radius 1 is 1.11 bits per heavy atom. The number of Topliss-reactive ketones (excluding diaryl/α,β-unsaturated/α-hetero) is 1. The van der Waals surface area contributed by atoms with Gasteiger partial charge < -0.3 is 14.4 Å². The molecule has 146 valence electrons. The third-order valence-electron chi connectivity index (χ3n) is 4.47. The van der Waals surface area contributed by atoms with E-state index >= 15 is 0 Å². The highest BCUT2D eigenvalue weighted by atomic mass is 16.5. The topological polar surface area (TPSA) is 72.9 Å². The predicted molar refractivity (Wildman–Crippen MR) is 105 cm³/mol. The van der Waals surface area contributed by atoms with Gasteiger partial charge in [-0.25, -0.2) is 4.79 Å². The number of benzene rings is 2. The van der Waals surface area contributed by atoms with Crippen molar-refractivity contribution in [3.63, 3.8) is 0 Å². The molecule has 1 aliphatic rings. The lowest BCUT2D eigenvalue weighted by molar-refractivity contribution is -0.117. The molecule has 1 heterocycles. The van der Waals surface area contributed by atoms with Crippen molar-refractivity contribution >= 4 is 23.3 Å². The number of esters is 1. The van der Waals surface area contributed by atoms with Crippen LogP contribution in [0.4, 0.5) is 5.69 Å². The number of anilines is 1. The lowest BCUT2D eigenvalue weighted by Gasteiger charge is -2.11. The van der Waals surface area contributed by atoms with E-state index in [0.717, 1.165) is 11.3 Å². The molecule has 28 heavy (non-hydrogen) atoms. The van der Waals surface area contributed by atoms with Crippen molar-refractivity contribution in [3.8, 4) is 5.75 Å². The van der Waals surface area contributed by atoms with E-state index in [2.05, 4.69) is 0 Å². The maximum absolute atomic E-state index is 12.4. The molecule has 3 rings (SSSR count). The molecule has 1 amide bonds. The molecule has 6 heteroatoms. The van der Waals surface area contributed by atoms with Gasteiger partial charge in [0.25, 0.3) is 0 Å². The first kappa shape index (κ1) is 19.6. The molecule has 0 aromatic heterocycles. The largest absolute Gasteiger partial charge is 0.493 e. The summed E-state index contributed by atoms with van der Waals surface area (Å²) in [6.45, 7) is 4.26. The van der Waals surface area contributed by atoms with Crippen molar-refractivity contribution in [1.29, 1.82) is 0 Å². The number of carbonyl (C=O) groups excluding carboxylic acids is 3. The van der Waals surface area contributed by atoms with E-state index in [4.69, 9.17) is 9.47 Å². The number of ether oxygens (including phenoxy) is 2. The van der Waals surface area contributed by atoms with Gasteiger partial charge in [-0.05, 0) is 47.9 Å². The maximum Gasteiger partial charge on any atom is 0.338 e.